The van der Waals surface area contributed by atoms with Crippen LogP contribution in [0.3, 0.4) is 0 Å². The summed E-state index contributed by atoms with van der Waals surface area (Å²) in [5, 5.41) is 0. The van der Waals surface area contributed by atoms with E-state index in [2.05, 4.69) is 46.3 Å². The van der Waals surface area contributed by atoms with Crippen LogP contribution >= 0.6 is 0 Å². The molecule has 7 heteroatoms. The Kier molecular flexibility index (Phi) is 18.5. The third-order valence-corrected chi connectivity index (χ3v) is 6.10. The second kappa shape index (κ2) is 17.2. The van der Waals surface area contributed by atoms with Gasteiger partial charge in [0.05, 0.1) is 6.61 Å². The van der Waals surface area contributed by atoms with Gasteiger partial charge < -0.3 is 4.74 Å². The van der Waals surface area contributed by atoms with Crippen molar-refractivity contribution in [1.82, 2.24) is 0 Å². The fourth-order valence-electron chi connectivity index (χ4n) is 1.24. The molecule has 0 aliphatic carbocycles. The Morgan fingerprint density at radius 2 is 1.16 bits per heavy atom. The van der Waals surface area contributed by atoms with Gasteiger partial charge in [-0.25, -0.2) is 0 Å². The van der Waals surface area contributed by atoms with Gasteiger partial charge in [-0.2, -0.15) is 0 Å². The van der Waals surface area contributed by atoms with E-state index in [9.17, 15) is 9.59 Å². The van der Waals surface area contributed by atoms with Crippen LogP contribution in [0.2, 0.25) is 0 Å². The van der Waals surface area contributed by atoms with E-state index >= 15 is 0 Å². The molecule has 0 aliphatic rings. The molecule has 6 nitrogen and oxygen atoms in total. The molecule has 0 rings (SSSR count). The van der Waals surface area contributed by atoms with Crippen molar-refractivity contribution in [1.29, 1.82) is 0 Å². The third-order valence-electron chi connectivity index (χ3n) is 3.32. The summed E-state index contributed by atoms with van der Waals surface area (Å²) in [6.07, 6.45) is 3.63. The van der Waals surface area contributed by atoms with Crippen LogP contribution in [0, 0.1) is 0 Å². The monoisotopic (exact) mass is 397 g/mol. The van der Waals surface area contributed by atoms with E-state index in [0.717, 1.165) is 19.3 Å². The van der Waals surface area contributed by atoms with E-state index < -0.39 is 25.0 Å². The van der Waals surface area contributed by atoms with Crippen molar-refractivity contribution < 1.29 is 43.3 Å². The zero-order valence-electron chi connectivity index (χ0n) is 17.2. The number of esters is 1. The molecule has 0 N–H and O–H groups in total. The van der Waals surface area contributed by atoms with Crippen molar-refractivity contribution in [3.05, 3.63) is 0 Å². The molecule has 0 saturated heterocycles. The molecule has 0 radical (unpaired) electrons. The predicted octanol–water partition coefficient (Wildman–Crippen LogP) is 4.32. The van der Waals surface area contributed by atoms with E-state index in [4.69, 9.17) is 9.96 Å². The van der Waals surface area contributed by atoms with Crippen molar-refractivity contribution in [3.63, 3.8) is 0 Å². The van der Waals surface area contributed by atoms with Gasteiger partial charge >= 0.3 is 114 Å². The van der Waals surface area contributed by atoms with Gasteiger partial charge in [-0.3, -0.25) is 9.59 Å². The van der Waals surface area contributed by atoms with Gasteiger partial charge in [-0.1, -0.05) is 0 Å². The van der Waals surface area contributed by atoms with Crippen molar-refractivity contribution in [3.8, 4) is 0 Å². The SMILES string of the molecule is CCC(C)[O][Ti]([O]C(C)CC)[O]C(C)CC.CCOC(=O)CC(C)=O. The zero-order chi connectivity index (χ0) is 19.8. The minimum atomic E-state index is -2.25. The topological polar surface area (TPSA) is 71.1 Å². The standard InChI is InChI=1S/C6H10O3.3C4H9O.Ti/c1-3-9-6(8)4-5(2)7;3*1-3-4(2)5;/h3-4H2,1-2H3;3*4H,3H2,1-2H3;/q;3*-1;+3. The van der Waals surface area contributed by atoms with Gasteiger partial charge in [-0.15, -0.1) is 0 Å². The quantitative estimate of drug-likeness (QED) is 0.277. The molecule has 0 heterocycles. The van der Waals surface area contributed by atoms with Crippen molar-refractivity contribution in [2.45, 2.75) is 99.4 Å². The van der Waals surface area contributed by atoms with Crippen LogP contribution in [0.4, 0.5) is 0 Å². The van der Waals surface area contributed by atoms with E-state index in [1.807, 2.05) is 0 Å². The van der Waals surface area contributed by atoms with Crippen LogP contribution < -0.4 is 0 Å². The number of ketones is 1. The van der Waals surface area contributed by atoms with Crippen LogP contribution in [0.5, 0.6) is 0 Å². The van der Waals surface area contributed by atoms with Crippen LogP contribution in [0.15, 0.2) is 0 Å². The van der Waals surface area contributed by atoms with Crippen molar-refractivity contribution in [2.24, 2.45) is 0 Å². The van der Waals surface area contributed by atoms with E-state index in [-0.39, 0.29) is 30.5 Å². The minimum absolute atomic E-state index is 0.103. The largest absolute Gasteiger partial charge is 0.466 e. The Labute approximate surface area is 161 Å². The first kappa shape index (κ1) is 27.0. The third kappa shape index (κ3) is 18.3. The molecule has 149 valence electrons. The zero-order valence-corrected chi connectivity index (χ0v) is 18.8. The first-order valence-electron chi connectivity index (χ1n) is 9.21. The van der Waals surface area contributed by atoms with Gasteiger partial charge in [0.15, 0.2) is 0 Å². The molecule has 3 unspecified atom stereocenters. The molecule has 3 atom stereocenters. The normalized spacial score (nSPS) is 13.9. The van der Waals surface area contributed by atoms with Crippen LogP contribution in [0.25, 0.3) is 0 Å². The average Bonchev–Trinajstić information content (AvgIpc) is 2.54. The summed E-state index contributed by atoms with van der Waals surface area (Å²) in [7, 11) is 0. The van der Waals surface area contributed by atoms with Crippen LogP contribution in [-0.2, 0) is 43.3 Å². The smallest absolute Gasteiger partial charge is 0.313 e. The number of carbonyl (C=O) groups excluding carboxylic acids is 2. The van der Waals surface area contributed by atoms with Gasteiger partial charge in [0, 0.05) is 0 Å². The van der Waals surface area contributed by atoms with Crippen LogP contribution in [-0.4, -0.2) is 36.7 Å². The molecule has 25 heavy (non-hydrogen) atoms. The summed E-state index contributed by atoms with van der Waals surface area (Å²) in [5.41, 5.74) is 0. The van der Waals surface area contributed by atoms with Crippen LogP contribution in [0.1, 0.15) is 81.1 Å². The molecule has 0 spiro atoms. The van der Waals surface area contributed by atoms with Gasteiger partial charge in [0.25, 0.3) is 0 Å². The molecular formula is C18H37O6Ti. The summed E-state index contributed by atoms with van der Waals surface area (Å²) in [4.78, 5) is 20.6. The first-order chi connectivity index (χ1) is 11.7. The Morgan fingerprint density at radius 3 is 1.40 bits per heavy atom. The average molecular weight is 397 g/mol. The second-order valence-corrected chi connectivity index (χ2v) is 7.83. The van der Waals surface area contributed by atoms with Crippen molar-refractivity contribution >= 4 is 11.8 Å². The Hall–Kier alpha value is -0.266. The summed E-state index contributed by atoms with van der Waals surface area (Å²) >= 11 is -2.25. The molecule has 0 aromatic carbocycles. The molecule has 0 fully saturated rings. The summed E-state index contributed by atoms with van der Waals surface area (Å²) in [6.45, 7) is 16.0. The number of Topliss-reactive ketones (excluding diaryl/α,β-unsaturated/α-hetero) is 1. The fourth-order valence-corrected chi connectivity index (χ4v) is 3.82. The number of hydrogen-bond acceptors (Lipinski definition) is 6. The molecule has 0 saturated carbocycles. The number of rotatable bonds is 12. The summed E-state index contributed by atoms with van der Waals surface area (Å²) < 4.78 is 22.1. The van der Waals surface area contributed by atoms with E-state index in [1.165, 1.54) is 6.92 Å². The number of hydrogen-bond donors (Lipinski definition) is 0. The van der Waals surface area contributed by atoms with E-state index in [1.54, 1.807) is 6.92 Å². The maximum atomic E-state index is 10.4. The molecular weight excluding hydrogens is 360 g/mol. The molecule has 0 aliphatic heterocycles. The predicted molar refractivity (Wildman–Crippen MR) is 94.4 cm³/mol. The van der Waals surface area contributed by atoms with Crippen molar-refractivity contribution in [2.75, 3.05) is 6.61 Å². The minimum Gasteiger partial charge on any atom is -0.466 e. The Balaban J connectivity index is 0. The Morgan fingerprint density at radius 1 is 0.800 bits per heavy atom. The van der Waals surface area contributed by atoms with E-state index in [0.29, 0.717) is 6.61 Å². The molecule has 0 aromatic rings. The van der Waals surface area contributed by atoms with Gasteiger partial charge in [0.2, 0.25) is 0 Å². The summed E-state index contributed by atoms with van der Waals surface area (Å²) in [6, 6.07) is 0. The molecule has 0 bridgehead atoms. The van der Waals surface area contributed by atoms with Gasteiger partial charge in [0.1, 0.15) is 12.2 Å². The first-order valence-corrected chi connectivity index (χ1v) is 11.1. The fraction of sp³-hybridized carbons (Fsp3) is 0.889. The molecule has 0 aromatic heterocycles. The second-order valence-electron chi connectivity index (χ2n) is 5.94. The Bertz CT molecular complexity index is 322. The molecule has 0 amide bonds. The maximum Gasteiger partial charge on any atom is 0.313 e. The summed E-state index contributed by atoms with van der Waals surface area (Å²) in [5.74, 6) is -0.599. The van der Waals surface area contributed by atoms with Gasteiger partial charge in [-0.05, 0) is 13.8 Å². The number of carbonyl (C=O) groups is 2. The number of ether oxygens (including phenoxy) is 1. The maximum absolute atomic E-state index is 10.4.